The highest BCUT2D eigenvalue weighted by Gasteiger charge is 2.08. The van der Waals surface area contributed by atoms with Gasteiger partial charge in [-0.15, -0.1) is 5.10 Å². The molecule has 0 bridgehead atoms. The van der Waals surface area contributed by atoms with Gasteiger partial charge in [0.25, 0.3) is 0 Å². The van der Waals surface area contributed by atoms with Crippen molar-refractivity contribution in [2.45, 2.75) is 39.8 Å². The van der Waals surface area contributed by atoms with Gasteiger partial charge in [0.2, 0.25) is 5.88 Å². The number of rotatable bonds is 5. The zero-order chi connectivity index (χ0) is 12.7. The second-order valence-corrected chi connectivity index (χ2v) is 4.85. The standard InChI is InChI=1S/C13H21N3O/c1-5-6-9-17-12-8-7-11(15-16-12)10-14-13(2,3)4/h5-8,14H,9-10H2,1-4H3. The van der Waals surface area contributed by atoms with Crippen molar-refractivity contribution >= 4 is 0 Å². The molecule has 0 spiro atoms. The Balaban J connectivity index is 2.44. The first-order valence-corrected chi connectivity index (χ1v) is 5.83. The molecule has 1 heterocycles. The third-order valence-corrected chi connectivity index (χ3v) is 2.06. The summed E-state index contributed by atoms with van der Waals surface area (Å²) >= 11 is 0. The predicted molar refractivity (Wildman–Crippen MR) is 68.9 cm³/mol. The van der Waals surface area contributed by atoms with Gasteiger partial charge in [0, 0.05) is 18.2 Å². The Hall–Kier alpha value is -1.42. The van der Waals surface area contributed by atoms with Gasteiger partial charge >= 0.3 is 0 Å². The summed E-state index contributed by atoms with van der Waals surface area (Å²) in [4.78, 5) is 0. The summed E-state index contributed by atoms with van der Waals surface area (Å²) in [5, 5.41) is 11.5. The maximum atomic E-state index is 5.37. The van der Waals surface area contributed by atoms with Crippen molar-refractivity contribution in [3.63, 3.8) is 0 Å². The van der Waals surface area contributed by atoms with Crippen molar-refractivity contribution in [1.29, 1.82) is 0 Å². The Morgan fingerprint density at radius 2 is 2.06 bits per heavy atom. The summed E-state index contributed by atoms with van der Waals surface area (Å²) in [5.41, 5.74) is 1.00. The molecule has 0 fully saturated rings. The van der Waals surface area contributed by atoms with Gasteiger partial charge in [-0.2, -0.15) is 5.10 Å². The third-order valence-electron chi connectivity index (χ3n) is 2.06. The number of nitrogens with zero attached hydrogens (tertiary/aromatic N) is 2. The van der Waals surface area contributed by atoms with Crippen LogP contribution in [0.3, 0.4) is 0 Å². The van der Waals surface area contributed by atoms with Crippen LogP contribution in [-0.4, -0.2) is 22.3 Å². The molecule has 0 saturated heterocycles. The lowest BCUT2D eigenvalue weighted by atomic mass is 10.1. The second kappa shape index (κ2) is 6.35. The molecule has 0 amide bonds. The van der Waals surface area contributed by atoms with E-state index in [1.807, 2.05) is 31.2 Å². The third kappa shape index (κ3) is 6.02. The van der Waals surface area contributed by atoms with E-state index in [0.29, 0.717) is 19.0 Å². The van der Waals surface area contributed by atoms with Crippen LogP contribution >= 0.6 is 0 Å². The van der Waals surface area contributed by atoms with Gasteiger partial charge in [0.05, 0.1) is 5.69 Å². The summed E-state index contributed by atoms with van der Waals surface area (Å²) in [6.45, 7) is 9.56. The molecule has 0 aliphatic carbocycles. The SMILES string of the molecule is CC=CCOc1ccc(CNC(C)(C)C)nn1. The molecular formula is C13H21N3O. The largest absolute Gasteiger partial charge is 0.472 e. The normalized spacial score (nSPS) is 12.0. The Bertz CT molecular complexity index is 352. The second-order valence-electron chi connectivity index (χ2n) is 4.85. The number of nitrogens with one attached hydrogen (secondary N) is 1. The smallest absolute Gasteiger partial charge is 0.233 e. The highest BCUT2D eigenvalue weighted by molar-refractivity contribution is 5.11. The molecule has 0 atom stereocenters. The quantitative estimate of drug-likeness (QED) is 0.796. The van der Waals surface area contributed by atoms with Gasteiger partial charge in [-0.25, -0.2) is 0 Å². The molecule has 1 rings (SSSR count). The molecule has 4 nitrogen and oxygen atoms in total. The minimum atomic E-state index is 0.0861. The summed E-state index contributed by atoms with van der Waals surface area (Å²) in [6.07, 6.45) is 3.87. The fourth-order valence-corrected chi connectivity index (χ4v) is 1.10. The fraction of sp³-hybridized carbons (Fsp3) is 0.538. The lowest BCUT2D eigenvalue weighted by molar-refractivity contribution is 0.342. The van der Waals surface area contributed by atoms with Crippen molar-refractivity contribution in [1.82, 2.24) is 15.5 Å². The van der Waals surface area contributed by atoms with E-state index in [1.54, 1.807) is 0 Å². The van der Waals surface area contributed by atoms with Crippen LogP contribution in [0.2, 0.25) is 0 Å². The first-order chi connectivity index (χ1) is 8.01. The number of aromatic nitrogens is 2. The Labute approximate surface area is 103 Å². The number of ether oxygens (including phenoxy) is 1. The van der Waals surface area contributed by atoms with E-state index in [2.05, 4.69) is 36.3 Å². The monoisotopic (exact) mass is 235 g/mol. The first-order valence-electron chi connectivity index (χ1n) is 5.83. The van der Waals surface area contributed by atoms with Crippen LogP contribution in [0.1, 0.15) is 33.4 Å². The van der Waals surface area contributed by atoms with Crippen LogP contribution in [0, 0.1) is 0 Å². The molecule has 1 aromatic rings. The van der Waals surface area contributed by atoms with Gasteiger partial charge in [0.15, 0.2) is 0 Å². The molecule has 0 saturated carbocycles. The molecule has 0 radical (unpaired) electrons. The molecule has 17 heavy (non-hydrogen) atoms. The Morgan fingerprint density at radius 3 is 2.59 bits per heavy atom. The average Bonchev–Trinajstić information content (AvgIpc) is 2.27. The van der Waals surface area contributed by atoms with E-state index in [-0.39, 0.29) is 5.54 Å². The van der Waals surface area contributed by atoms with E-state index in [1.165, 1.54) is 0 Å². The Kier molecular flexibility index (Phi) is 5.10. The number of hydrogen-bond donors (Lipinski definition) is 1. The van der Waals surface area contributed by atoms with Crippen molar-refractivity contribution < 1.29 is 4.74 Å². The lowest BCUT2D eigenvalue weighted by Gasteiger charge is -2.19. The number of hydrogen-bond acceptors (Lipinski definition) is 4. The van der Waals surface area contributed by atoms with E-state index < -0.39 is 0 Å². The fourth-order valence-electron chi connectivity index (χ4n) is 1.10. The summed E-state index contributed by atoms with van der Waals surface area (Å²) < 4.78 is 5.37. The molecule has 0 aliphatic heterocycles. The van der Waals surface area contributed by atoms with Crippen LogP contribution in [0.25, 0.3) is 0 Å². The predicted octanol–water partition coefficient (Wildman–Crippen LogP) is 2.32. The van der Waals surface area contributed by atoms with Crippen LogP contribution in [-0.2, 0) is 6.54 Å². The van der Waals surface area contributed by atoms with Crippen molar-refractivity contribution in [2.75, 3.05) is 6.61 Å². The molecule has 94 valence electrons. The van der Waals surface area contributed by atoms with E-state index >= 15 is 0 Å². The topological polar surface area (TPSA) is 47.0 Å². The minimum absolute atomic E-state index is 0.0861. The van der Waals surface area contributed by atoms with Crippen molar-refractivity contribution in [2.24, 2.45) is 0 Å². The maximum Gasteiger partial charge on any atom is 0.233 e. The molecule has 0 aliphatic rings. The maximum absolute atomic E-state index is 5.37. The van der Waals surface area contributed by atoms with Gasteiger partial charge in [-0.1, -0.05) is 12.2 Å². The summed E-state index contributed by atoms with van der Waals surface area (Å²) in [5.74, 6) is 0.558. The molecule has 0 unspecified atom stereocenters. The van der Waals surface area contributed by atoms with Gasteiger partial charge in [-0.3, -0.25) is 0 Å². The zero-order valence-corrected chi connectivity index (χ0v) is 11.0. The van der Waals surface area contributed by atoms with Crippen molar-refractivity contribution in [3.8, 4) is 5.88 Å². The minimum Gasteiger partial charge on any atom is -0.472 e. The van der Waals surface area contributed by atoms with Crippen LogP contribution < -0.4 is 10.1 Å². The van der Waals surface area contributed by atoms with Crippen LogP contribution in [0.4, 0.5) is 0 Å². The Morgan fingerprint density at radius 1 is 1.29 bits per heavy atom. The van der Waals surface area contributed by atoms with Crippen molar-refractivity contribution in [3.05, 3.63) is 30.0 Å². The molecule has 0 aromatic carbocycles. The average molecular weight is 235 g/mol. The summed E-state index contributed by atoms with van der Waals surface area (Å²) in [7, 11) is 0. The highest BCUT2D eigenvalue weighted by Crippen LogP contribution is 2.06. The molecule has 4 heteroatoms. The van der Waals surface area contributed by atoms with E-state index in [0.717, 1.165) is 5.69 Å². The molecular weight excluding hydrogens is 214 g/mol. The van der Waals surface area contributed by atoms with Gasteiger partial charge in [0.1, 0.15) is 6.61 Å². The molecule has 1 aromatic heterocycles. The highest BCUT2D eigenvalue weighted by atomic mass is 16.5. The molecule has 1 N–H and O–H groups in total. The lowest BCUT2D eigenvalue weighted by Crippen LogP contribution is -2.35. The van der Waals surface area contributed by atoms with E-state index in [4.69, 9.17) is 4.74 Å². The van der Waals surface area contributed by atoms with Gasteiger partial charge in [-0.05, 0) is 33.8 Å². The van der Waals surface area contributed by atoms with Crippen LogP contribution in [0.15, 0.2) is 24.3 Å². The van der Waals surface area contributed by atoms with E-state index in [9.17, 15) is 0 Å². The first kappa shape index (κ1) is 13.6. The van der Waals surface area contributed by atoms with Crippen LogP contribution in [0.5, 0.6) is 5.88 Å². The zero-order valence-electron chi connectivity index (χ0n) is 11.0. The summed E-state index contributed by atoms with van der Waals surface area (Å²) in [6, 6.07) is 3.77. The number of allylic oxidation sites excluding steroid dienone is 1. The van der Waals surface area contributed by atoms with Gasteiger partial charge < -0.3 is 10.1 Å².